The Bertz CT molecular complexity index is 382. The van der Waals surface area contributed by atoms with Gasteiger partial charge in [-0.3, -0.25) is 4.79 Å². The summed E-state index contributed by atoms with van der Waals surface area (Å²) in [6.45, 7) is 7.07. The van der Waals surface area contributed by atoms with Crippen LogP contribution in [0.2, 0.25) is 0 Å². The summed E-state index contributed by atoms with van der Waals surface area (Å²) in [6.07, 6.45) is -3.44. The van der Waals surface area contributed by atoms with Crippen molar-refractivity contribution in [2.75, 3.05) is 13.7 Å². The number of aliphatic hydroxyl groups is 1. The van der Waals surface area contributed by atoms with Crippen molar-refractivity contribution in [1.29, 1.82) is 0 Å². The number of carbonyl (C=O) groups is 1. The second kappa shape index (κ2) is 6.18. The van der Waals surface area contributed by atoms with E-state index in [4.69, 9.17) is 23.7 Å². The van der Waals surface area contributed by atoms with Gasteiger partial charge >= 0.3 is 5.97 Å². The summed E-state index contributed by atoms with van der Waals surface area (Å²) in [4.78, 5) is 11.6. The highest BCUT2D eigenvalue weighted by molar-refractivity contribution is 5.71. The summed E-state index contributed by atoms with van der Waals surface area (Å²) in [5.74, 6) is -1.36. The van der Waals surface area contributed by atoms with Gasteiger partial charge in [0.05, 0.1) is 5.92 Å². The zero-order valence-electron chi connectivity index (χ0n) is 13.1. The summed E-state index contributed by atoms with van der Waals surface area (Å²) in [5, 5.41) is 10.2. The fraction of sp³-hybridized carbons (Fsp3) is 0.929. The number of fused-ring (bicyclic) bond motifs is 1. The molecule has 122 valence electrons. The lowest BCUT2D eigenvalue weighted by Crippen LogP contribution is -2.58. The van der Waals surface area contributed by atoms with Gasteiger partial charge in [0.15, 0.2) is 12.1 Å². The number of hydrogen-bond acceptors (Lipinski definition) is 7. The minimum atomic E-state index is -0.959. The van der Waals surface area contributed by atoms with Gasteiger partial charge < -0.3 is 28.8 Å². The summed E-state index contributed by atoms with van der Waals surface area (Å²) in [6, 6.07) is 0. The highest BCUT2D eigenvalue weighted by Crippen LogP contribution is 2.37. The lowest BCUT2D eigenvalue weighted by atomic mass is 9.99. The van der Waals surface area contributed by atoms with E-state index in [1.54, 1.807) is 27.7 Å². The van der Waals surface area contributed by atoms with Gasteiger partial charge in [0.2, 0.25) is 0 Å². The van der Waals surface area contributed by atoms with Crippen LogP contribution in [-0.2, 0) is 28.5 Å². The molecule has 5 unspecified atom stereocenters. The van der Waals surface area contributed by atoms with Gasteiger partial charge in [-0.05, 0) is 13.8 Å². The zero-order chi connectivity index (χ0) is 15.8. The number of ether oxygens (including phenoxy) is 5. The fourth-order valence-electron chi connectivity index (χ4n) is 2.51. The number of methoxy groups -OCH3 is 1. The molecule has 2 fully saturated rings. The SMILES string of the molecule is COC1OC(COC(=O)C(C)C)C2OC(C)(C)OC2C1O. The van der Waals surface area contributed by atoms with Gasteiger partial charge in [-0.15, -0.1) is 0 Å². The number of aliphatic hydroxyl groups excluding tert-OH is 1. The minimum Gasteiger partial charge on any atom is -0.463 e. The fourth-order valence-corrected chi connectivity index (χ4v) is 2.51. The molecule has 2 rings (SSSR count). The first kappa shape index (κ1) is 16.6. The van der Waals surface area contributed by atoms with Crippen molar-refractivity contribution in [3.05, 3.63) is 0 Å². The molecule has 0 aromatic carbocycles. The second-order valence-electron chi connectivity index (χ2n) is 6.12. The number of carbonyl (C=O) groups excluding carboxylic acids is 1. The van der Waals surface area contributed by atoms with Crippen molar-refractivity contribution in [3.8, 4) is 0 Å². The Hall–Kier alpha value is -0.730. The van der Waals surface area contributed by atoms with Crippen molar-refractivity contribution in [2.24, 2.45) is 5.92 Å². The Morgan fingerprint density at radius 3 is 2.48 bits per heavy atom. The van der Waals surface area contributed by atoms with Crippen LogP contribution in [-0.4, -0.2) is 61.3 Å². The van der Waals surface area contributed by atoms with Gasteiger partial charge in [0.1, 0.15) is 31.0 Å². The molecular formula is C14H24O7. The van der Waals surface area contributed by atoms with Crippen LogP contribution in [0.15, 0.2) is 0 Å². The predicted molar refractivity (Wildman–Crippen MR) is 71.3 cm³/mol. The second-order valence-corrected chi connectivity index (χ2v) is 6.12. The molecule has 0 saturated carbocycles. The Morgan fingerprint density at radius 1 is 1.29 bits per heavy atom. The molecule has 0 aromatic rings. The maximum Gasteiger partial charge on any atom is 0.308 e. The molecule has 0 amide bonds. The van der Waals surface area contributed by atoms with Crippen LogP contribution in [0.25, 0.3) is 0 Å². The molecule has 2 aliphatic heterocycles. The molecule has 0 spiro atoms. The van der Waals surface area contributed by atoms with Crippen LogP contribution in [0.3, 0.4) is 0 Å². The number of rotatable bonds is 4. The van der Waals surface area contributed by atoms with Gasteiger partial charge in [0, 0.05) is 7.11 Å². The maximum absolute atomic E-state index is 11.6. The standard InChI is InChI=1S/C14H24O7/c1-7(2)12(16)18-6-8-10-11(21-14(3,4)20-10)9(15)13(17-5)19-8/h7-11,13,15H,6H2,1-5H3. The van der Waals surface area contributed by atoms with Crippen molar-refractivity contribution in [2.45, 2.75) is 64.2 Å². The van der Waals surface area contributed by atoms with Gasteiger partial charge in [-0.25, -0.2) is 0 Å². The van der Waals surface area contributed by atoms with Crippen molar-refractivity contribution in [3.63, 3.8) is 0 Å². The van der Waals surface area contributed by atoms with Crippen LogP contribution in [0, 0.1) is 5.92 Å². The van der Waals surface area contributed by atoms with Crippen molar-refractivity contribution < 1.29 is 33.6 Å². The highest BCUT2D eigenvalue weighted by Gasteiger charge is 2.55. The minimum absolute atomic E-state index is 0.0319. The Balaban J connectivity index is 2.07. The third-order valence-electron chi connectivity index (χ3n) is 3.55. The van der Waals surface area contributed by atoms with Crippen LogP contribution >= 0.6 is 0 Å². The van der Waals surface area contributed by atoms with E-state index in [1.807, 2.05) is 0 Å². The molecule has 0 bridgehead atoms. The lowest BCUT2D eigenvalue weighted by molar-refractivity contribution is -0.275. The first-order chi connectivity index (χ1) is 9.75. The molecule has 21 heavy (non-hydrogen) atoms. The summed E-state index contributed by atoms with van der Waals surface area (Å²) >= 11 is 0. The van der Waals surface area contributed by atoms with E-state index in [0.717, 1.165) is 0 Å². The van der Waals surface area contributed by atoms with E-state index in [1.165, 1.54) is 7.11 Å². The average molecular weight is 304 g/mol. The maximum atomic E-state index is 11.6. The van der Waals surface area contributed by atoms with Gasteiger partial charge in [-0.1, -0.05) is 13.8 Å². The lowest BCUT2D eigenvalue weighted by Gasteiger charge is -2.38. The summed E-state index contributed by atoms with van der Waals surface area (Å²) in [7, 11) is 1.44. The monoisotopic (exact) mass is 304 g/mol. The zero-order valence-corrected chi connectivity index (χ0v) is 13.1. The molecule has 0 aromatic heterocycles. The van der Waals surface area contributed by atoms with E-state index >= 15 is 0 Å². The first-order valence-corrected chi connectivity index (χ1v) is 7.14. The van der Waals surface area contributed by atoms with E-state index in [-0.39, 0.29) is 18.5 Å². The van der Waals surface area contributed by atoms with Gasteiger partial charge in [0.25, 0.3) is 0 Å². The Morgan fingerprint density at radius 2 is 1.90 bits per heavy atom. The topological polar surface area (TPSA) is 83.5 Å². The summed E-state index contributed by atoms with van der Waals surface area (Å²) < 4.78 is 27.4. The third kappa shape index (κ3) is 3.54. The quantitative estimate of drug-likeness (QED) is 0.754. The highest BCUT2D eigenvalue weighted by atomic mass is 16.8. The molecule has 7 heteroatoms. The molecule has 7 nitrogen and oxygen atoms in total. The van der Waals surface area contributed by atoms with Gasteiger partial charge in [-0.2, -0.15) is 0 Å². The summed E-state index contributed by atoms with van der Waals surface area (Å²) in [5.41, 5.74) is 0. The third-order valence-corrected chi connectivity index (χ3v) is 3.55. The normalized spacial score (nSPS) is 38.3. The van der Waals surface area contributed by atoms with E-state index in [0.29, 0.717) is 0 Å². The van der Waals surface area contributed by atoms with E-state index < -0.39 is 36.5 Å². The molecule has 5 atom stereocenters. The smallest absolute Gasteiger partial charge is 0.308 e. The van der Waals surface area contributed by atoms with Crippen molar-refractivity contribution in [1.82, 2.24) is 0 Å². The molecule has 0 radical (unpaired) electrons. The van der Waals surface area contributed by atoms with Crippen LogP contribution < -0.4 is 0 Å². The van der Waals surface area contributed by atoms with Crippen molar-refractivity contribution >= 4 is 5.97 Å². The number of esters is 1. The first-order valence-electron chi connectivity index (χ1n) is 7.14. The van der Waals surface area contributed by atoms with Crippen LogP contribution in [0.1, 0.15) is 27.7 Å². The average Bonchev–Trinajstić information content (AvgIpc) is 2.73. The molecule has 1 N–H and O–H groups in total. The number of hydrogen-bond donors (Lipinski definition) is 1. The molecule has 0 aliphatic carbocycles. The van der Waals surface area contributed by atoms with E-state index in [2.05, 4.69) is 0 Å². The molecular weight excluding hydrogens is 280 g/mol. The van der Waals surface area contributed by atoms with E-state index in [9.17, 15) is 9.90 Å². The predicted octanol–water partition coefficient (Wildman–Crippen LogP) is 0.438. The largest absolute Gasteiger partial charge is 0.463 e. The Kier molecular flexibility index (Phi) is 4.89. The molecule has 2 saturated heterocycles. The molecule has 2 heterocycles. The van der Waals surface area contributed by atoms with Crippen LogP contribution in [0.4, 0.5) is 0 Å². The Labute approximate surface area is 124 Å². The molecule has 2 aliphatic rings. The van der Waals surface area contributed by atoms with Crippen LogP contribution in [0.5, 0.6) is 0 Å².